The third-order valence-electron chi connectivity index (χ3n) is 4.61. The van der Waals surface area contributed by atoms with Gasteiger partial charge in [-0.05, 0) is 31.4 Å². The summed E-state index contributed by atoms with van der Waals surface area (Å²) in [6, 6.07) is 9.52. The van der Waals surface area contributed by atoms with E-state index in [9.17, 15) is 0 Å². The molecule has 2 aliphatic rings. The second kappa shape index (κ2) is 5.19. The van der Waals surface area contributed by atoms with Crippen LogP contribution in [0.2, 0.25) is 0 Å². The zero-order valence-electron chi connectivity index (χ0n) is 12.4. The van der Waals surface area contributed by atoms with Gasteiger partial charge in [-0.15, -0.1) is 0 Å². The lowest BCUT2D eigenvalue weighted by atomic mass is 10.1. The van der Waals surface area contributed by atoms with Crippen molar-refractivity contribution in [2.75, 3.05) is 25.5 Å². The van der Waals surface area contributed by atoms with E-state index in [4.69, 9.17) is 4.74 Å². The molecule has 110 valence electrons. The van der Waals surface area contributed by atoms with E-state index in [1.165, 1.54) is 25.8 Å². The van der Waals surface area contributed by atoms with Crippen LogP contribution in [0, 0.1) is 0 Å². The predicted molar refractivity (Wildman–Crippen MR) is 84.9 cm³/mol. The number of methoxy groups -OCH3 is 1. The molecule has 0 amide bonds. The maximum absolute atomic E-state index is 5.45. The van der Waals surface area contributed by atoms with E-state index >= 15 is 0 Å². The minimum Gasteiger partial charge on any atom is -0.496 e. The van der Waals surface area contributed by atoms with Gasteiger partial charge in [-0.1, -0.05) is 12.1 Å². The number of fused-ring (bicyclic) bond motifs is 1. The molecule has 1 aromatic heterocycles. The van der Waals surface area contributed by atoms with Crippen molar-refractivity contribution in [2.24, 2.45) is 0 Å². The topological polar surface area (TPSA) is 37.4 Å². The van der Waals surface area contributed by atoms with Crippen LogP contribution in [0.4, 0.5) is 5.82 Å². The number of benzene rings is 1. The molecular weight excluding hydrogens is 262 g/mol. The van der Waals surface area contributed by atoms with Gasteiger partial charge in [0.15, 0.2) is 0 Å². The molecule has 2 aromatic rings. The van der Waals surface area contributed by atoms with E-state index in [2.05, 4.69) is 21.3 Å². The van der Waals surface area contributed by atoms with Gasteiger partial charge < -0.3 is 10.1 Å². The molecule has 4 rings (SSSR count). The van der Waals surface area contributed by atoms with Crippen molar-refractivity contribution < 1.29 is 4.74 Å². The maximum Gasteiger partial charge on any atom is 0.134 e. The molecule has 1 aromatic carbocycles. The van der Waals surface area contributed by atoms with Crippen LogP contribution in [0.25, 0.3) is 10.8 Å². The molecule has 0 bridgehead atoms. The molecule has 1 unspecified atom stereocenters. The molecule has 0 radical (unpaired) electrons. The summed E-state index contributed by atoms with van der Waals surface area (Å²) in [6.07, 6.45) is 5.84. The lowest BCUT2D eigenvalue weighted by Gasteiger charge is -2.17. The Kier molecular flexibility index (Phi) is 3.19. The van der Waals surface area contributed by atoms with Crippen LogP contribution in [0.3, 0.4) is 0 Å². The predicted octanol–water partition coefficient (Wildman–Crippen LogP) is 2.89. The Morgan fingerprint density at radius 2 is 2.10 bits per heavy atom. The van der Waals surface area contributed by atoms with Crippen molar-refractivity contribution in [3.63, 3.8) is 0 Å². The number of nitrogens with one attached hydrogen (secondary N) is 1. The first kappa shape index (κ1) is 12.9. The van der Waals surface area contributed by atoms with Gasteiger partial charge in [-0.2, -0.15) is 0 Å². The number of ether oxygens (including phenoxy) is 1. The molecule has 1 saturated carbocycles. The number of hydrogen-bond donors (Lipinski definition) is 1. The number of likely N-dealkylation sites (tertiary alicyclic amines) is 1. The fourth-order valence-corrected chi connectivity index (χ4v) is 3.34. The Morgan fingerprint density at radius 3 is 2.90 bits per heavy atom. The van der Waals surface area contributed by atoms with E-state index in [0.717, 1.165) is 34.9 Å². The van der Waals surface area contributed by atoms with E-state index in [0.29, 0.717) is 6.04 Å². The van der Waals surface area contributed by atoms with Gasteiger partial charge in [-0.25, -0.2) is 4.98 Å². The lowest BCUT2D eigenvalue weighted by Crippen LogP contribution is -2.28. The Morgan fingerprint density at radius 1 is 1.19 bits per heavy atom. The van der Waals surface area contributed by atoms with Gasteiger partial charge in [-0.3, -0.25) is 4.90 Å². The molecule has 1 atom stereocenters. The van der Waals surface area contributed by atoms with E-state index in [-0.39, 0.29) is 0 Å². The Labute approximate surface area is 125 Å². The number of pyridine rings is 1. The highest BCUT2D eigenvalue weighted by Crippen LogP contribution is 2.32. The summed E-state index contributed by atoms with van der Waals surface area (Å²) in [5, 5.41) is 5.90. The minimum atomic E-state index is 0.509. The molecular formula is C17H21N3O. The third kappa shape index (κ3) is 2.44. The fourth-order valence-electron chi connectivity index (χ4n) is 3.34. The van der Waals surface area contributed by atoms with Crippen molar-refractivity contribution in [3.8, 4) is 5.75 Å². The highest BCUT2D eigenvalue weighted by atomic mass is 16.5. The first-order chi connectivity index (χ1) is 10.3. The summed E-state index contributed by atoms with van der Waals surface area (Å²) in [5.41, 5.74) is 0. The van der Waals surface area contributed by atoms with E-state index in [1.807, 2.05) is 24.4 Å². The van der Waals surface area contributed by atoms with Gasteiger partial charge in [0.1, 0.15) is 11.6 Å². The average molecular weight is 283 g/mol. The van der Waals surface area contributed by atoms with Gasteiger partial charge in [0.2, 0.25) is 0 Å². The molecule has 21 heavy (non-hydrogen) atoms. The molecule has 1 saturated heterocycles. The zero-order chi connectivity index (χ0) is 14.2. The lowest BCUT2D eigenvalue weighted by molar-refractivity contribution is 0.326. The van der Waals surface area contributed by atoms with Crippen molar-refractivity contribution in [3.05, 3.63) is 30.5 Å². The average Bonchev–Trinajstić information content (AvgIpc) is 3.27. The monoisotopic (exact) mass is 283 g/mol. The van der Waals surface area contributed by atoms with Crippen molar-refractivity contribution in [1.82, 2.24) is 9.88 Å². The standard InChI is InChI=1S/C17H21N3O/c1-21-16-4-2-3-15-14(16)7-9-18-17(15)19-12-8-10-20(11-12)13-5-6-13/h2-4,7,9,12-13H,5-6,8,10-11H2,1H3,(H,18,19). The second-order valence-corrected chi connectivity index (χ2v) is 6.07. The van der Waals surface area contributed by atoms with Crippen molar-refractivity contribution in [2.45, 2.75) is 31.3 Å². The van der Waals surface area contributed by atoms with Crippen LogP contribution < -0.4 is 10.1 Å². The van der Waals surface area contributed by atoms with Crippen LogP contribution in [0.5, 0.6) is 5.75 Å². The number of rotatable bonds is 4. The molecule has 1 N–H and O–H groups in total. The summed E-state index contributed by atoms with van der Waals surface area (Å²) >= 11 is 0. The second-order valence-electron chi connectivity index (χ2n) is 6.07. The normalized spacial score (nSPS) is 22.6. The van der Waals surface area contributed by atoms with Crippen LogP contribution in [-0.4, -0.2) is 42.2 Å². The van der Waals surface area contributed by atoms with E-state index < -0.39 is 0 Å². The summed E-state index contributed by atoms with van der Waals surface area (Å²) < 4.78 is 5.45. The largest absolute Gasteiger partial charge is 0.496 e. The SMILES string of the molecule is COc1cccc2c(NC3CCN(C4CC4)C3)nccc12. The van der Waals surface area contributed by atoms with Gasteiger partial charge in [0.25, 0.3) is 0 Å². The summed E-state index contributed by atoms with van der Waals surface area (Å²) in [5.74, 6) is 1.89. The van der Waals surface area contributed by atoms with Crippen molar-refractivity contribution in [1.29, 1.82) is 0 Å². The quantitative estimate of drug-likeness (QED) is 0.936. The number of nitrogens with zero attached hydrogens (tertiary/aromatic N) is 2. The first-order valence-electron chi connectivity index (χ1n) is 7.77. The molecule has 2 fully saturated rings. The minimum absolute atomic E-state index is 0.509. The number of aromatic nitrogens is 1. The molecule has 2 heterocycles. The van der Waals surface area contributed by atoms with Crippen LogP contribution in [0.15, 0.2) is 30.5 Å². The summed E-state index contributed by atoms with van der Waals surface area (Å²) in [4.78, 5) is 7.16. The van der Waals surface area contributed by atoms with Gasteiger partial charge >= 0.3 is 0 Å². The third-order valence-corrected chi connectivity index (χ3v) is 4.61. The van der Waals surface area contributed by atoms with Crippen LogP contribution >= 0.6 is 0 Å². The Bertz CT molecular complexity index is 654. The maximum atomic E-state index is 5.45. The van der Waals surface area contributed by atoms with Crippen molar-refractivity contribution >= 4 is 16.6 Å². The fraction of sp³-hybridized carbons (Fsp3) is 0.471. The molecule has 0 spiro atoms. The Hall–Kier alpha value is -1.81. The highest BCUT2D eigenvalue weighted by molar-refractivity contribution is 5.95. The molecule has 4 nitrogen and oxygen atoms in total. The van der Waals surface area contributed by atoms with Gasteiger partial charge in [0.05, 0.1) is 7.11 Å². The Balaban J connectivity index is 1.59. The summed E-state index contributed by atoms with van der Waals surface area (Å²) in [7, 11) is 1.72. The first-order valence-corrected chi connectivity index (χ1v) is 7.77. The molecule has 4 heteroatoms. The zero-order valence-corrected chi connectivity index (χ0v) is 12.4. The van der Waals surface area contributed by atoms with Crippen LogP contribution in [0.1, 0.15) is 19.3 Å². The smallest absolute Gasteiger partial charge is 0.134 e. The molecule has 1 aliphatic carbocycles. The number of hydrogen-bond acceptors (Lipinski definition) is 4. The van der Waals surface area contributed by atoms with E-state index in [1.54, 1.807) is 7.11 Å². The van der Waals surface area contributed by atoms with Crippen LogP contribution in [-0.2, 0) is 0 Å². The summed E-state index contributed by atoms with van der Waals surface area (Å²) in [6.45, 7) is 2.36. The van der Waals surface area contributed by atoms with Gasteiger partial charge in [0, 0.05) is 42.1 Å². The highest BCUT2D eigenvalue weighted by Gasteiger charge is 2.34. The number of anilines is 1. The molecule has 1 aliphatic heterocycles.